The summed E-state index contributed by atoms with van der Waals surface area (Å²) in [4.78, 5) is 7.89. The van der Waals surface area contributed by atoms with Crippen LogP contribution in [-0.2, 0) is 13.1 Å². The van der Waals surface area contributed by atoms with Crippen molar-refractivity contribution in [3.8, 4) is 0 Å². The molecule has 0 amide bonds. The zero-order valence-electron chi connectivity index (χ0n) is 10.6. The van der Waals surface area contributed by atoms with Gasteiger partial charge in [0.25, 0.3) is 0 Å². The van der Waals surface area contributed by atoms with Crippen molar-refractivity contribution in [2.24, 2.45) is 10.9 Å². The van der Waals surface area contributed by atoms with E-state index in [9.17, 15) is 4.39 Å². The Bertz CT molecular complexity index is 603. The van der Waals surface area contributed by atoms with Crippen molar-refractivity contribution in [2.75, 3.05) is 0 Å². The maximum absolute atomic E-state index is 13.4. The average Bonchev–Trinajstić information content (AvgIpc) is 2.47. The van der Waals surface area contributed by atoms with E-state index in [1.807, 2.05) is 0 Å². The first-order valence-electron chi connectivity index (χ1n) is 5.92. The number of oxime groups is 1. The molecular weight excluding hydrogens is 261 g/mol. The highest BCUT2D eigenvalue weighted by molar-refractivity contribution is 5.97. The van der Waals surface area contributed by atoms with E-state index in [1.54, 1.807) is 18.3 Å². The summed E-state index contributed by atoms with van der Waals surface area (Å²) in [6, 6.07) is 6.05. The quantitative estimate of drug-likeness (QED) is 0.327. The topological polar surface area (TPSA) is 96.4 Å². The lowest BCUT2D eigenvalue weighted by Gasteiger charge is -2.07. The highest BCUT2D eigenvalue weighted by Crippen LogP contribution is 2.09. The summed E-state index contributed by atoms with van der Waals surface area (Å²) in [5.41, 5.74) is 7.32. The van der Waals surface area contributed by atoms with Crippen LogP contribution >= 0.6 is 0 Å². The lowest BCUT2D eigenvalue weighted by Crippen LogP contribution is -2.16. The van der Waals surface area contributed by atoms with E-state index in [4.69, 9.17) is 10.9 Å². The first-order chi connectivity index (χ1) is 9.69. The van der Waals surface area contributed by atoms with E-state index >= 15 is 0 Å². The van der Waals surface area contributed by atoms with Gasteiger partial charge in [-0.15, -0.1) is 0 Å². The zero-order chi connectivity index (χ0) is 14.4. The molecule has 0 aliphatic heterocycles. The number of amidine groups is 1. The highest BCUT2D eigenvalue weighted by Gasteiger charge is 2.05. The van der Waals surface area contributed by atoms with Crippen LogP contribution in [-0.4, -0.2) is 21.0 Å². The summed E-state index contributed by atoms with van der Waals surface area (Å²) in [7, 11) is 0. The van der Waals surface area contributed by atoms with E-state index in [0.29, 0.717) is 24.2 Å². The second-order valence-corrected chi connectivity index (χ2v) is 4.14. The van der Waals surface area contributed by atoms with Crippen molar-refractivity contribution < 1.29 is 9.60 Å². The van der Waals surface area contributed by atoms with Gasteiger partial charge in [-0.2, -0.15) is 0 Å². The standard InChI is InChI=1S/C13H14FN5O/c14-11-4-9(3-10(5-11)13(15)19-20)6-17-7-12-1-2-16-8-18-12/h1-5,8,17,20H,6-7H2,(H2,15,19). The van der Waals surface area contributed by atoms with Gasteiger partial charge in [0.15, 0.2) is 5.84 Å². The van der Waals surface area contributed by atoms with Crippen molar-refractivity contribution in [3.63, 3.8) is 0 Å². The van der Waals surface area contributed by atoms with Gasteiger partial charge in [0.1, 0.15) is 12.1 Å². The Morgan fingerprint density at radius 2 is 2.20 bits per heavy atom. The fourth-order valence-electron chi connectivity index (χ4n) is 1.72. The van der Waals surface area contributed by atoms with Crippen LogP contribution in [0.2, 0.25) is 0 Å². The zero-order valence-corrected chi connectivity index (χ0v) is 10.6. The molecule has 0 bridgehead atoms. The number of nitrogens with two attached hydrogens (primary N) is 1. The number of aromatic nitrogens is 2. The van der Waals surface area contributed by atoms with Crippen LogP contribution in [0.15, 0.2) is 41.9 Å². The van der Waals surface area contributed by atoms with Crippen LogP contribution in [0.25, 0.3) is 0 Å². The Hall–Kier alpha value is -2.54. The molecule has 0 radical (unpaired) electrons. The van der Waals surface area contributed by atoms with E-state index in [1.165, 1.54) is 18.5 Å². The predicted octanol–water partition coefficient (Wildman–Crippen LogP) is 1.000. The number of nitrogens with zero attached hydrogens (tertiary/aromatic N) is 3. The van der Waals surface area contributed by atoms with E-state index in [0.717, 1.165) is 5.69 Å². The molecule has 0 aliphatic rings. The summed E-state index contributed by atoms with van der Waals surface area (Å²) >= 11 is 0. The molecule has 2 rings (SSSR count). The van der Waals surface area contributed by atoms with Crippen molar-refractivity contribution in [3.05, 3.63) is 59.4 Å². The molecule has 2 aromatic rings. The first-order valence-corrected chi connectivity index (χ1v) is 5.92. The van der Waals surface area contributed by atoms with Gasteiger partial charge in [0.2, 0.25) is 0 Å². The second kappa shape index (κ2) is 6.58. The Balaban J connectivity index is 2.01. The van der Waals surface area contributed by atoms with Crippen LogP contribution in [0.3, 0.4) is 0 Å². The van der Waals surface area contributed by atoms with Gasteiger partial charge in [-0.05, 0) is 29.8 Å². The summed E-state index contributed by atoms with van der Waals surface area (Å²) < 4.78 is 13.4. The van der Waals surface area contributed by atoms with E-state index in [-0.39, 0.29) is 5.84 Å². The molecule has 0 fully saturated rings. The molecule has 0 unspecified atom stereocenters. The Morgan fingerprint density at radius 3 is 2.90 bits per heavy atom. The molecule has 0 saturated carbocycles. The molecule has 6 nitrogen and oxygen atoms in total. The monoisotopic (exact) mass is 275 g/mol. The molecule has 0 aliphatic carbocycles. The van der Waals surface area contributed by atoms with Crippen LogP contribution in [0.1, 0.15) is 16.8 Å². The lowest BCUT2D eigenvalue weighted by molar-refractivity contribution is 0.318. The molecule has 1 aromatic heterocycles. The van der Waals surface area contributed by atoms with Crippen LogP contribution < -0.4 is 11.1 Å². The van der Waals surface area contributed by atoms with Crippen LogP contribution in [0.5, 0.6) is 0 Å². The number of nitrogens with one attached hydrogen (secondary N) is 1. The normalized spacial score (nSPS) is 11.6. The molecule has 1 aromatic carbocycles. The van der Waals surface area contributed by atoms with Crippen molar-refractivity contribution in [2.45, 2.75) is 13.1 Å². The van der Waals surface area contributed by atoms with Gasteiger partial charge in [-0.25, -0.2) is 14.4 Å². The first kappa shape index (κ1) is 13.9. The summed E-state index contributed by atoms with van der Waals surface area (Å²) in [6.45, 7) is 0.978. The Labute approximate surface area is 115 Å². The van der Waals surface area contributed by atoms with Crippen molar-refractivity contribution >= 4 is 5.84 Å². The third-order valence-corrected chi connectivity index (χ3v) is 2.64. The molecule has 20 heavy (non-hydrogen) atoms. The summed E-state index contributed by atoms with van der Waals surface area (Å²) in [6.07, 6.45) is 3.12. The smallest absolute Gasteiger partial charge is 0.170 e. The molecule has 1 heterocycles. The summed E-state index contributed by atoms with van der Waals surface area (Å²) in [5.74, 6) is -0.561. The van der Waals surface area contributed by atoms with Crippen molar-refractivity contribution in [1.82, 2.24) is 15.3 Å². The Kier molecular flexibility index (Phi) is 4.56. The Morgan fingerprint density at radius 1 is 1.35 bits per heavy atom. The van der Waals surface area contributed by atoms with E-state index in [2.05, 4.69) is 20.4 Å². The molecule has 0 spiro atoms. The number of hydrogen-bond donors (Lipinski definition) is 3. The number of halogens is 1. The predicted molar refractivity (Wildman–Crippen MR) is 71.5 cm³/mol. The molecule has 7 heteroatoms. The van der Waals surface area contributed by atoms with Crippen molar-refractivity contribution in [1.29, 1.82) is 0 Å². The number of hydrogen-bond acceptors (Lipinski definition) is 5. The molecular formula is C13H14FN5O. The average molecular weight is 275 g/mol. The highest BCUT2D eigenvalue weighted by atomic mass is 19.1. The summed E-state index contributed by atoms with van der Waals surface area (Å²) in [5, 5.41) is 14.6. The minimum atomic E-state index is -0.437. The molecule has 104 valence electrons. The largest absolute Gasteiger partial charge is 0.409 e. The van der Waals surface area contributed by atoms with Gasteiger partial charge < -0.3 is 16.3 Å². The van der Waals surface area contributed by atoms with Crippen LogP contribution in [0, 0.1) is 5.82 Å². The van der Waals surface area contributed by atoms with Gasteiger partial charge in [0.05, 0.1) is 5.69 Å². The minimum absolute atomic E-state index is 0.124. The van der Waals surface area contributed by atoms with Crippen LogP contribution in [0.4, 0.5) is 4.39 Å². The second-order valence-electron chi connectivity index (χ2n) is 4.14. The number of benzene rings is 1. The van der Waals surface area contributed by atoms with E-state index < -0.39 is 5.82 Å². The third-order valence-electron chi connectivity index (χ3n) is 2.64. The lowest BCUT2D eigenvalue weighted by atomic mass is 10.1. The maximum atomic E-state index is 13.4. The van der Waals surface area contributed by atoms with Gasteiger partial charge in [-0.1, -0.05) is 5.16 Å². The number of rotatable bonds is 5. The minimum Gasteiger partial charge on any atom is -0.409 e. The molecule has 0 atom stereocenters. The SMILES string of the molecule is N/C(=N/O)c1cc(F)cc(CNCc2ccncn2)c1. The fourth-order valence-corrected chi connectivity index (χ4v) is 1.72. The van der Waals surface area contributed by atoms with Gasteiger partial charge in [-0.3, -0.25) is 0 Å². The van der Waals surface area contributed by atoms with Gasteiger partial charge in [0, 0.05) is 24.8 Å². The molecule has 4 N–H and O–H groups in total. The third kappa shape index (κ3) is 3.72. The molecule has 0 saturated heterocycles. The van der Waals surface area contributed by atoms with Gasteiger partial charge >= 0.3 is 0 Å². The fraction of sp³-hybridized carbons (Fsp3) is 0.154. The maximum Gasteiger partial charge on any atom is 0.170 e.